The van der Waals surface area contributed by atoms with E-state index >= 15 is 0 Å². The monoisotopic (exact) mass is 238 g/mol. The van der Waals surface area contributed by atoms with E-state index in [4.69, 9.17) is 15.7 Å². The molecule has 0 amide bonds. The summed E-state index contributed by atoms with van der Waals surface area (Å²) in [7, 11) is 0. The highest BCUT2D eigenvalue weighted by Gasteiger charge is 2.05. The van der Waals surface area contributed by atoms with Gasteiger partial charge in [-0.3, -0.25) is 0 Å². The van der Waals surface area contributed by atoms with Gasteiger partial charge in [0.2, 0.25) is 0 Å². The van der Waals surface area contributed by atoms with Crippen molar-refractivity contribution in [3.63, 3.8) is 0 Å². The lowest BCUT2D eigenvalue weighted by atomic mass is 10.1. The second kappa shape index (κ2) is 4.80. The lowest BCUT2D eigenvalue weighted by molar-refractivity contribution is 0.475. The summed E-state index contributed by atoms with van der Waals surface area (Å²) >= 11 is 0. The third kappa shape index (κ3) is 2.44. The van der Waals surface area contributed by atoms with Gasteiger partial charge in [0, 0.05) is 5.69 Å². The third-order valence-electron chi connectivity index (χ3n) is 2.74. The fourth-order valence-electron chi connectivity index (χ4n) is 1.69. The van der Waals surface area contributed by atoms with Crippen molar-refractivity contribution in [2.75, 3.05) is 5.73 Å². The van der Waals surface area contributed by atoms with E-state index in [0.29, 0.717) is 17.0 Å². The number of ether oxygens (including phenoxy) is 1. The molecule has 0 radical (unpaired) electrons. The Kier molecular flexibility index (Phi) is 3.20. The molecule has 0 aliphatic rings. The van der Waals surface area contributed by atoms with Crippen LogP contribution >= 0.6 is 0 Å². The number of rotatable bonds is 2. The van der Waals surface area contributed by atoms with E-state index < -0.39 is 0 Å². The lowest BCUT2D eigenvalue weighted by Gasteiger charge is -2.11. The number of nitriles is 1. The van der Waals surface area contributed by atoms with E-state index in [1.165, 1.54) is 0 Å². The van der Waals surface area contributed by atoms with Crippen LogP contribution in [0.2, 0.25) is 0 Å². The Morgan fingerprint density at radius 3 is 2.44 bits per heavy atom. The molecule has 3 nitrogen and oxygen atoms in total. The molecule has 90 valence electrons. The minimum Gasteiger partial charge on any atom is -0.457 e. The highest BCUT2D eigenvalue weighted by Crippen LogP contribution is 2.29. The number of nitrogens with zero attached hydrogens (tertiary/aromatic N) is 1. The number of aryl methyl sites for hydroxylation is 2. The maximum Gasteiger partial charge on any atom is 0.131 e. The first-order valence-corrected chi connectivity index (χ1v) is 5.65. The summed E-state index contributed by atoms with van der Waals surface area (Å²) in [5.74, 6) is 1.45. The Labute approximate surface area is 106 Å². The van der Waals surface area contributed by atoms with Crippen LogP contribution in [0.1, 0.15) is 16.7 Å². The summed E-state index contributed by atoms with van der Waals surface area (Å²) < 4.78 is 5.83. The molecule has 0 aliphatic carbocycles. The van der Waals surface area contributed by atoms with Gasteiger partial charge in [0.1, 0.15) is 11.5 Å². The van der Waals surface area contributed by atoms with Crippen LogP contribution in [0.4, 0.5) is 5.69 Å². The zero-order chi connectivity index (χ0) is 13.1. The fraction of sp³-hybridized carbons (Fsp3) is 0.133. The third-order valence-corrected chi connectivity index (χ3v) is 2.74. The molecule has 18 heavy (non-hydrogen) atoms. The molecule has 0 unspecified atom stereocenters. The van der Waals surface area contributed by atoms with Crippen LogP contribution in [0, 0.1) is 25.2 Å². The van der Waals surface area contributed by atoms with Crippen molar-refractivity contribution in [3.05, 3.63) is 53.1 Å². The van der Waals surface area contributed by atoms with Gasteiger partial charge < -0.3 is 10.5 Å². The normalized spacial score (nSPS) is 9.83. The van der Waals surface area contributed by atoms with Crippen LogP contribution in [0.25, 0.3) is 0 Å². The molecular formula is C15H14N2O. The first-order chi connectivity index (χ1) is 8.60. The molecule has 2 aromatic carbocycles. The molecule has 0 aromatic heterocycles. The van der Waals surface area contributed by atoms with Crippen LogP contribution in [0.3, 0.4) is 0 Å². The number of hydrogen-bond acceptors (Lipinski definition) is 3. The molecule has 0 aliphatic heterocycles. The summed E-state index contributed by atoms with van der Waals surface area (Å²) in [6, 6.07) is 13.0. The molecule has 3 heteroatoms. The van der Waals surface area contributed by atoms with E-state index in [1.54, 1.807) is 18.2 Å². The predicted octanol–water partition coefficient (Wildman–Crippen LogP) is 3.55. The average Bonchev–Trinajstić information content (AvgIpc) is 2.35. The van der Waals surface area contributed by atoms with E-state index in [9.17, 15) is 0 Å². The van der Waals surface area contributed by atoms with Crippen LogP contribution in [0.15, 0.2) is 36.4 Å². The summed E-state index contributed by atoms with van der Waals surface area (Å²) in [4.78, 5) is 0. The van der Waals surface area contributed by atoms with Crippen molar-refractivity contribution >= 4 is 5.69 Å². The Bertz CT molecular complexity index is 627. The van der Waals surface area contributed by atoms with Gasteiger partial charge in [0.25, 0.3) is 0 Å². The highest BCUT2D eigenvalue weighted by atomic mass is 16.5. The minimum absolute atomic E-state index is 0.587. The quantitative estimate of drug-likeness (QED) is 0.814. The van der Waals surface area contributed by atoms with Crippen molar-refractivity contribution in [2.24, 2.45) is 0 Å². The van der Waals surface area contributed by atoms with Gasteiger partial charge >= 0.3 is 0 Å². The summed E-state index contributed by atoms with van der Waals surface area (Å²) in [6.07, 6.45) is 0. The van der Waals surface area contributed by atoms with Crippen LogP contribution in [0.5, 0.6) is 11.5 Å². The van der Waals surface area contributed by atoms with E-state index in [0.717, 1.165) is 16.9 Å². The molecular weight excluding hydrogens is 224 g/mol. The molecule has 0 saturated carbocycles. The van der Waals surface area contributed by atoms with Gasteiger partial charge in [0.05, 0.1) is 11.6 Å². The van der Waals surface area contributed by atoms with Crippen LogP contribution in [-0.2, 0) is 0 Å². The zero-order valence-corrected chi connectivity index (χ0v) is 10.4. The van der Waals surface area contributed by atoms with Crippen molar-refractivity contribution in [1.82, 2.24) is 0 Å². The number of nitrogen functional groups attached to an aromatic ring is 1. The smallest absolute Gasteiger partial charge is 0.131 e. The molecule has 0 bridgehead atoms. The number of benzene rings is 2. The summed E-state index contributed by atoms with van der Waals surface area (Å²) in [6.45, 7) is 3.89. The van der Waals surface area contributed by atoms with Gasteiger partial charge in [-0.05, 0) is 55.3 Å². The number of nitrogens with two attached hydrogens (primary N) is 1. The zero-order valence-electron chi connectivity index (χ0n) is 10.4. The van der Waals surface area contributed by atoms with Crippen molar-refractivity contribution in [2.45, 2.75) is 13.8 Å². The van der Waals surface area contributed by atoms with Crippen molar-refractivity contribution in [1.29, 1.82) is 5.26 Å². The van der Waals surface area contributed by atoms with E-state index in [1.807, 2.05) is 32.0 Å². The second-order valence-corrected chi connectivity index (χ2v) is 4.22. The maximum atomic E-state index is 8.89. The molecule has 2 rings (SSSR count). The highest BCUT2D eigenvalue weighted by molar-refractivity contribution is 5.50. The summed E-state index contributed by atoms with van der Waals surface area (Å²) in [5, 5.41) is 8.89. The van der Waals surface area contributed by atoms with Crippen LogP contribution in [-0.4, -0.2) is 0 Å². The first-order valence-electron chi connectivity index (χ1n) is 5.65. The Balaban J connectivity index is 2.37. The molecule has 0 spiro atoms. The Morgan fingerprint density at radius 1 is 1.00 bits per heavy atom. The predicted molar refractivity (Wildman–Crippen MR) is 71.6 cm³/mol. The van der Waals surface area contributed by atoms with Gasteiger partial charge in [0.15, 0.2) is 0 Å². The van der Waals surface area contributed by atoms with E-state index in [2.05, 4.69) is 6.07 Å². The molecule has 2 aromatic rings. The number of hydrogen-bond donors (Lipinski definition) is 1. The number of anilines is 1. The van der Waals surface area contributed by atoms with Gasteiger partial charge in [-0.25, -0.2) is 0 Å². The van der Waals surface area contributed by atoms with Crippen LogP contribution < -0.4 is 10.5 Å². The van der Waals surface area contributed by atoms with Crippen molar-refractivity contribution in [3.8, 4) is 17.6 Å². The first kappa shape index (κ1) is 12.0. The Hall–Kier alpha value is -2.47. The lowest BCUT2D eigenvalue weighted by Crippen LogP contribution is -1.92. The fourth-order valence-corrected chi connectivity index (χ4v) is 1.69. The Morgan fingerprint density at radius 2 is 1.78 bits per heavy atom. The van der Waals surface area contributed by atoms with E-state index in [-0.39, 0.29) is 0 Å². The SMILES string of the molecule is Cc1cc(N)ccc1Oc1cc(C#N)ccc1C. The minimum atomic E-state index is 0.587. The molecule has 0 saturated heterocycles. The second-order valence-electron chi connectivity index (χ2n) is 4.22. The standard InChI is InChI=1S/C15H14N2O/c1-10-3-4-12(9-16)8-15(10)18-14-6-5-13(17)7-11(14)2/h3-8H,17H2,1-2H3. The topological polar surface area (TPSA) is 59.0 Å². The van der Waals surface area contributed by atoms with Gasteiger partial charge in [-0.15, -0.1) is 0 Å². The summed E-state index contributed by atoms with van der Waals surface area (Å²) in [5.41, 5.74) is 8.96. The van der Waals surface area contributed by atoms with Gasteiger partial charge in [-0.2, -0.15) is 5.26 Å². The largest absolute Gasteiger partial charge is 0.457 e. The average molecular weight is 238 g/mol. The molecule has 2 N–H and O–H groups in total. The van der Waals surface area contributed by atoms with Crippen molar-refractivity contribution < 1.29 is 4.74 Å². The maximum absolute atomic E-state index is 8.89. The molecule has 0 heterocycles. The molecule has 0 fully saturated rings. The van der Waals surface area contributed by atoms with Gasteiger partial charge in [-0.1, -0.05) is 6.07 Å². The molecule has 0 atom stereocenters.